The third kappa shape index (κ3) is 4.20. The predicted octanol–water partition coefficient (Wildman–Crippen LogP) is 2.02. The summed E-state index contributed by atoms with van der Waals surface area (Å²) in [6.45, 7) is 1.12. The van der Waals surface area contributed by atoms with E-state index in [9.17, 15) is 4.79 Å². The lowest BCUT2D eigenvalue weighted by Crippen LogP contribution is -2.17. The third-order valence-corrected chi connectivity index (χ3v) is 2.68. The van der Waals surface area contributed by atoms with Crippen LogP contribution in [0.2, 0.25) is 0 Å². The Morgan fingerprint density at radius 3 is 2.88 bits per heavy atom. The van der Waals surface area contributed by atoms with Crippen LogP contribution in [0.1, 0.15) is 12.0 Å². The van der Waals surface area contributed by atoms with Crippen molar-refractivity contribution in [1.29, 1.82) is 0 Å². The minimum Gasteiger partial charge on any atom is -0.496 e. The normalized spacial score (nSPS) is 10.1. The zero-order valence-electron chi connectivity index (χ0n) is 9.00. The zero-order valence-corrected chi connectivity index (χ0v) is 10.6. The van der Waals surface area contributed by atoms with Crippen molar-refractivity contribution in [1.82, 2.24) is 5.32 Å². The van der Waals surface area contributed by atoms with E-state index in [1.807, 2.05) is 18.2 Å². The van der Waals surface area contributed by atoms with Crippen molar-refractivity contribution in [3.8, 4) is 5.75 Å². The largest absolute Gasteiger partial charge is 0.496 e. The third-order valence-electron chi connectivity index (χ3n) is 2.06. The maximum Gasteiger partial charge on any atom is 0.304 e. The van der Waals surface area contributed by atoms with Gasteiger partial charge in [-0.2, -0.15) is 0 Å². The molecule has 16 heavy (non-hydrogen) atoms. The number of carbonyl (C=O) groups is 1. The summed E-state index contributed by atoms with van der Waals surface area (Å²) in [6.07, 6.45) is 0.136. The second kappa shape index (κ2) is 6.50. The molecule has 1 aromatic carbocycles. The second-order valence-corrected chi connectivity index (χ2v) is 4.14. The molecule has 1 aromatic rings. The Bertz CT molecular complexity index is 368. The Labute approximate surface area is 103 Å². The van der Waals surface area contributed by atoms with Crippen LogP contribution in [-0.4, -0.2) is 24.7 Å². The molecule has 0 aliphatic carbocycles. The van der Waals surface area contributed by atoms with E-state index >= 15 is 0 Å². The van der Waals surface area contributed by atoms with E-state index in [0.717, 1.165) is 15.8 Å². The highest BCUT2D eigenvalue weighted by atomic mass is 79.9. The fraction of sp³-hybridized carbons (Fsp3) is 0.364. The van der Waals surface area contributed by atoms with Crippen LogP contribution in [0.5, 0.6) is 5.75 Å². The second-order valence-electron chi connectivity index (χ2n) is 3.29. The Balaban J connectivity index is 2.43. The van der Waals surface area contributed by atoms with Gasteiger partial charge in [0.25, 0.3) is 0 Å². The van der Waals surface area contributed by atoms with Gasteiger partial charge in [0.05, 0.1) is 18.0 Å². The van der Waals surface area contributed by atoms with Gasteiger partial charge in [0, 0.05) is 13.1 Å². The maximum absolute atomic E-state index is 10.3. The molecule has 0 amide bonds. The molecule has 88 valence electrons. The van der Waals surface area contributed by atoms with Crippen molar-refractivity contribution in [3.63, 3.8) is 0 Å². The Kier molecular flexibility index (Phi) is 5.28. The molecule has 0 saturated heterocycles. The highest BCUT2D eigenvalue weighted by Gasteiger charge is 2.01. The topological polar surface area (TPSA) is 58.6 Å². The van der Waals surface area contributed by atoms with Crippen molar-refractivity contribution in [3.05, 3.63) is 28.2 Å². The van der Waals surface area contributed by atoms with Gasteiger partial charge in [-0.3, -0.25) is 4.79 Å². The van der Waals surface area contributed by atoms with Gasteiger partial charge in [-0.15, -0.1) is 0 Å². The zero-order chi connectivity index (χ0) is 12.0. The summed E-state index contributed by atoms with van der Waals surface area (Å²) < 4.78 is 6.01. The van der Waals surface area contributed by atoms with Crippen LogP contribution in [0.25, 0.3) is 0 Å². The molecule has 0 aliphatic heterocycles. The number of hydrogen-bond acceptors (Lipinski definition) is 3. The number of benzene rings is 1. The van der Waals surface area contributed by atoms with E-state index in [2.05, 4.69) is 21.2 Å². The van der Waals surface area contributed by atoms with Crippen LogP contribution in [0.4, 0.5) is 0 Å². The quantitative estimate of drug-likeness (QED) is 0.786. The van der Waals surface area contributed by atoms with E-state index in [4.69, 9.17) is 9.84 Å². The number of hydrogen-bond donors (Lipinski definition) is 2. The van der Waals surface area contributed by atoms with Crippen molar-refractivity contribution < 1.29 is 14.6 Å². The fourth-order valence-electron chi connectivity index (χ4n) is 1.25. The predicted molar refractivity (Wildman–Crippen MR) is 64.7 cm³/mol. The van der Waals surface area contributed by atoms with Gasteiger partial charge in [0.2, 0.25) is 0 Å². The first kappa shape index (κ1) is 13.0. The molecule has 0 heterocycles. The number of ether oxygens (including phenoxy) is 1. The van der Waals surface area contributed by atoms with Gasteiger partial charge < -0.3 is 15.2 Å². The Morgan fingerprint density at radius 2 is 2.31 bits per heavy atom. The molecule has 0 bridgehead atoms. The lowest BCUT2D eigenvalue weighted by atomic mass is 10.2. The van der Waals surface area contributed by atoms with Crippen molar-refractivity contribution >= 4 is 21.9 Å². The van der Waals surface area contributed by atoms with Crippen molar-refractivity contribution in [2.24, 2.45) is 0 Å². The molecule has 0 unspecified atom stereocenters. The first-order chi connectivity index (χ1) is 7.63. The molecule has 1 rings (SSSR count). The molecule has 0 atom stereocenters. The first-order valence-corrected chi connectivity index (χ1v) is 5.67. The maximum atomic E-state index is 10.3. The average Bonchev–Trinajstić information content (AvgIpc) is 2.24. The van der Waals surface area contributed by atoms with Crippen LogP contribution in [0.15, 0.2) is 22.7 Å². The van der Waals surface area contributed by atoms with Gasteiger partial charge >= 0.3 is 5.97 Å². The van der Waals surface area contributed by atoms with Gasteiger partial charge in [0.1, 0.15) is 5.75 Å². The molecule has 0 saturated carbocycles. The summed E-state index contributed by atoms with van der Waals surface area (Å²) in [7, 11) is 1.62. The van der Waals surface area contributed by atoms with Gasteiger partial charge in [-0.1, -0.05) is 6.07 Å². The molecule has 0 fully saturated rings. The van der Waals surface area contributed by atoms with E-state index in [1.165, 1.54) is 0 Å². The summed E-state index contributed by atoms with van der Waals surface area (Å²) in [5.41, 5.74) is 1.08. The van der Waals surface area contributed by atoms with Gasteiger partial charge in [-0.05, 0) is 33.6 Å². The molecule has 0 spiro atoms. The summed E-state index contributed by atoms with van der Waals surface area (Å²) in [5.74, 6) is -0.00213. The van der Waals surface area contributed by atoms with Crippen LogP contribution in [0.3, 0.4) is 0 Å². The summed E-state index contributed by atoms with van der Waals surface area (Å²) >= 11 is 3.39. The highest BCUT2D eigenvalue weighted by molar-refractivity contribution is 9.10. The van der Waals surface area contributed by atoms with Crippen LogP contribution in [0, 0.1) is 0 Å². The van der Waals surface area contributed by atoms with Crippen LogP contribution in [-0.2, 0) is 11.3 Å². The van der Waals surface area contributed by atoms with Crippen LogP contribution >= 0.6 is 15.9 Å². The lowest BCUT2D eigenvalue weighted by Gasteiger charge is -2.07. The summed E-state index contributed by atoms with van der Waals surface area (Å²) in [6, 6.07) is 5.77. The van der Waals surface area contributed by atoms with E-state index in [-0.39, 0.29) is 6.42 Å². The Hall–Kier alpha value is -1.07. The number of halogens is 1. The molecule has 0 aromatic heterocycles. The number of carboxylic acid groups (broad SMARTS) is 1. The summed E-state index contributed by atoms with van der Waals surface area (Å²) in [5, 5.41) is 11.5. The van der Waals surface area contributed by atoms with Gasteiger partial charge in [-0.25, -0.2) is 0 Å². The number of methoxy groups -OCH3 is 1. The smallest absolute Gasteiger partial charge is 0.304 e. The molecule has 0 aliphatic rings. The Morgan fingerprint density at radius 1 is 1.56 bits per heavy atom. The summed E-state index contributed by atoms with van der Waals surface area (Å²) in [4.78, 5) is 10.3. The molecular formula is C11H14BrNO3. The standard InChI is InChI=1S/C11H14BrNO3/c1-16-10-3-2-8(6-9(10)12)7-13-5-4-11(14)15/h2-3,6,13H,4-5,7H2,1H3,(H,14,15). The SMILES string of the molecule is COc1ccc(CNCCC(=O)O)cc1Br. The molecule has 4 nitrogen and oxygen atoms in total. The van der Waals surface area contributed by atoms with Gasteiger partial charge in [0.15, 0.2) is 0 Å². The average molecular weight is 288 g/mol. The van der Waals surface area contributed by atoms with E-state index in [1.54, 1.807) is 7.11 Å². The number of carboxylic acids is 1. The lowest BCUT2D eigenvalue weighted by molar-refractivity contribution is -0.136. The number of rotatable bonds is 6. The number of aliphatic carboxylic acids is 1. The molecule has 2 N–H and O–H groups in total. The van der Waals surface area contributed by atoms with E-state index in [0.29, 0.717) is 13.1 Å². The molecule has 5 heteroatoms. The fourth-order valence-corrected chi connectivity index (χ4v) is 1.84. The van der Waals surface area contributed by atoms with E-state index < -0.39 is 5.97 Å². The first-order valence-electron chi connectivity index (χ1n) is 4.88. The van der Waals surface area contributed by atoms with Crippen LogP contribution < -0.4 is 10.1 Å². The minimum atomic E-state index is -0.789. The number of nitrogens with one attached hydrogen (secondary N) is 1. The van der Waals surface area contributed by atoms with Crippen molar-refractivity contribution in [2.45, 2.75) is 13.0 Å². The van der Waals surface area contributed by atoms with Crippen molar-refractivity contribution in [2.75, 3.05) is 13.7 Å². The monoisotopic (exact) mass is 287 g/mol. The molecule has 0 radical (unpaired) electrons. The highest BCUT2D eigenvalue weighted by Crippen LogP contribution is 2.25. The minimum absolute atomic E-state index is 0.136. The molecular weight excluding hydrogens is 274 g/mol.